The average Bonchev–Trinajstić information content (AvgIpc) is 2.46. The summed E-state index contributed by atoms with van der Waals surface area (Å²) in [7, 11) is 1.86. The molecule has 0 spiro atoms. The lowest BCUT2D eigenvalue weighted by atomic mass is 10.2. The monoisotopic (exact) mass is 192 g/mol. The van der Waals surface area contributed by atoms with Gasteiger partial charge in [0.15, 0.2) is 0 Å². The van der Waals surface area contributed by atoms with Gasteiger partial charge in [-0.15, -0.1) is 5.10 Å². The Kier molecular flexibility index (Phi) is 3.56. The van der Waals surface area contributed by atoms with E-state index >= 15 is 0 Å². The largest absolute Gasteiger partial charge is 0.293 e. The highest BCUT2D eigenvalue weighted by atomic mass is 15.4. The summed E-state index contributed by atoms with van der Waals surface area (Å²) in [6.45, 7) is 8.79. The number of aliphatic imine (C=N–C) groups is 1. The van der Waals surface area contributed by atoms with Gasteiger partial charge in [-0.2, -0.15) is 0 Å². The van der Waals surface area contributed by atoms with Crippen molar-refractivity contribution < 1.29 is 0 Å². The molecule has 76 valence electrons. The van der Waals surface area contributed by atoms with E-state index in [2.05, 4.69) is 28.8 Å². The summed E-state index contributed by atoms with van der Waals surface area (Å²) in [4.78, 5) is 4.23. The van der Waals surface area contributed by atoms with E-state index in [1.54, 1.807) is 10.9 Å². The van der Waals surface area contributed by atoms with Gasteiger partial charge in [-0.1, -0.05) is 18.7 Å². The summed E-state index contributed by atoms with van der Waals surface area (Å²) in [6, 6.07) is 0. The minimum atomic E-state index is 0.837. The van der Waals surface area contributed by atoms with Crippen molar-refractivity contribution >= 4 is 11.8 Å². The SMILES string of the molecule is C=C(C=NCCC)c1c(C)nnn1C. The van der Waals surface area contributed by atoms with Crippen LogP contribution in [0.1, 0.15) is 24.7 Å². The summed E-state index contributed by atoms with van der Waals surface area (Å²) >= 11 is 0. The summed E-state index contributed by atoms with van der Waals surface area (Å²) in [5.74, 6) is 0. The van der Waals surface area contributed by atoms with E-state index in [-0.39, 0.29) is 0 Å². The number of nitrogens with zero attached hydrogens (tertiary/aromatic N) is 4. The van der Waals surface area contributed by atoms with Crippen molar-refractivity contribution in [1.29, 1.82) is 0 Å². The molecule has 0 bridgehead atoms. The molecule has 0 saturated carbocycles. The predicted molar refractivity (Wildman–Crippen MR) is 58.4 cm³/mol. The van der Waals surface area contributed by atoms with Gasteiger partial charge in [0.25, 0.3) is 0 Å². The zero-order valence-electron chi connectivity index (χ0n) is 8.99. The molecule has 0 aliphatic heterocycles. The topological polar surface area (TPSA) is 43.1 Å². The first-order valence-electron chi connectivity index (χ1n) is 4.72. The minimum absolute atomic E-state index is 0.837. The van der Waals surface area contributed by atoms with Gasteiger partial charge in [-0.3, -0.25) is 4.99 Å². The van der Waals surface area contributed by atoms with Crippen molar-refractivity contribution in [2.75, 3.05) is 6.54 Å². The quantitative estimate of drug-likeness (QED) is 0.680. The summed E-state index contributed by atoms with van der Waals surface area (Å²) < 4.78 is 1.72. The summed E-state index contributed by atoms with van der Waals surface area (Å²) in [6.07, 6.45) is 2.83. The highest BCUT2D eigenvalue weighted by Crippen LogP contribution is 2.11. The molecule has 0 fully saturated rings. The van der Waals surface area contributed by atoms with E-state index < -0.39 is 0 Å². The van der Waals surface area contributed by atoms with E-state index in [1.165, 1.54) is 0 Å². The van der Waals surface area contributed by atoms with E-state index in [9.17, 15) is 0 Å². The van der Waals surface area contributed by atoms with Crippen LogP contribution < -0.4 is 0 Å². The van der Waals surface area contributed by atoms with Gasteiger partial charge >= 0.3 is 0 Å². The van der Waals surface area contributed by atoms with E-state index in [1.807, 2.05) is 14.0 Å². The van der Waals surface area contributed by atoms with Crippen molar-refractivity contribution in [1.82, 2.24) is 15.0 Å². The number of hydrogen-bond acceptors (Lipinski definition) is 3. The number of hydrogen-bond donors (Lipinski definition) is 0. The van der Waals surface area contributed by atoms with Crippen LogP contribution in [0.4, 0.5) is 0 Å². The normalized spacial score (nSPS) is 11.1. The molecular formula is C10H16N4. The maximum Gasteiger partial charge on any atom is 0.0920 e. The Balaban J connectivity index is 2.79. The Morgan fingerprint density at radius 2 is 2.36 bits per heavy atom. The van der Waals surface area contributed by atoms with Crippen molar-refractivity contribution in [3.05, 3.63) is 18.0 Å². The second-order valence-corrected chi connectivity index (χ2v) is 3.21. The molecule has 1 aromatic heterocycles. The van der Waals surface area contributed by atoms with Crippen LogP contribution in [0.5, 0.6) is 0 Å². The highest BCUT2D eigenvalue weighted by molar-refractivity contribution is 6.08. The molecule has 0 aromatic carbocycles. The van der Waals surface area contributed by atoms with Gasteiger partial charge in [-0.05, 0) is 13.3 Å². The predicted octanol–water partition coefficient (Wildman–Crippen LogP) is 1.62. The molecule has 4 heteroatoms. The molecule has 0 N–H and O–H groups in total. The van der Waals surface area contributed by atoms with Crippen LogP contribution in [0.25, 0.3) is 5.57 Å². The Labute approximate surface area is 84.4 Å². The third kappa shape index (κ3) is 2.28. The zero-order chi connectivity index (χ0) is 10.6. The van der Waals surface area contributed by atoms with Gasteiger partial charge in [0.2, 0.25) is 0 Å². The van der Waals surface area contributed by atoms with Crippen LogP contribution in [-0.4, -0.2) is 27.8 Å². The third-order valence-corrected chi connectivity index (χ3v) is 1.90. The fourth-order valence-electron chi connectivity index (χ4n) is 1.27. The van der Waals surface area contributed by atoms with Crippen LogP contribution in [0.15, 0.2) is 11.6 Å². The van der Waals surface area contributed by atoms with E-state index in [0.717, 1.165) is 29.9 Å². The Morgan fingerprint density at radius 1 is 1.64 bits per heavy atom. The zero-order valence-corrected chi connectivity index (χ0v) is 8.99. The number of aromatic nitrogens is 3. The molecular weight excluding hydrogens is 176 g/mol. The molecule has 1 heterocycles. The molecule has 1 rings (SSSR count). The Morgan fingerprint density at radius 3 is 2.86 bits per heavy atom. The second kappa shape index (κ2) is 4.69. The van der Waals surface area contributed by atoms with Gasteiger partial charge in [0.05, 0.1) is 11.4 Å². The van der Waals surface area contributed by atoms with Crippen molar-refractivity contribution in [2.24, 2.45) is 12.0 Å². The lowest BCUT2D eigenvalue weighted by Gasteiger charge is -2.00. The van der Waals surface area contributed by atoms with Crippen molar-refractivity contribution in [3.63, 3.8) is 0 Å². The lowest BCUT2D eigenvalue weighted by Crippen LogP contribution is -1.99. The Bertz CT molecular complexity index is 330. The van der Waals surface area contributed by atoms with Gasteiger partial charge in [0.1, 0.15) is 0 Å². The van der Waals surface area contributed by atoms with Crippen molar-refractivity contribution in [2.45, 2.75) is 20.3 Å². The first kappa shape index (κ1) is 10.6. The van der Waals surface area contributed by atoms with Gasteiger partial charge in [-0.25, -0.2) is 4.68 Å². The molecule has 0 atom stereocenters. The fourth-order valence-corrected chi connectivity index (χ4v) is 1.27. The van der Waals surface area contributed by atoms with Gasteiger partial charge < -0.3 is 0 Å². The maximum absolute atomic E-state index is 4.23. The van der Waals surface area contributed by atoms with Gasteiger partial charge in [0, 0.05) is 25.4 Å². The lowest BCUT2D eigenvalue weighted by molar-refractivity contribution is 0.708. The first-order chi connectivity index (χ1) is 6.66. The third-order valence-electron chi connectivity index (χ3n) is 1.90. The molecule has 0 amide bonds. The van der Waals surface area contributed by atoms with E-state index in [0.29, 0.717) is 0 Å². The van der Waals surface area contributed by atoms with E-state index in [4.69, 9.17) is 0 Å². The molecule has 1 aromatic rings. The standard InChI is InChI=1S/C10H16N4/c1-5-6-11-7-8(2)10-9(3)12-13-14(10)4/h7H,2,5-6H2,1,3-4H3. The average molecular weight is 192 g/mol. The smallest absolute Gasteiger partial charge is 0.0920 e. The number of rotatable bonds is 4. The van der Waals surface area contributed by atoms with Crippen molar-refractivity contribution in [3.8, 4) is 0 Å². The van der Waals surface area contributed by atoms with Crippen LogP contribution in [0.2, 0.25) is 0 Å². The molecule has 0 unspecified atom stereocenters. The molecule has 0 saturated heterocycles. The summed E-state index contributed by atoms with van der Waals surface area (Å²) in [5.41, 5.74) is 2.70. The fraction of sp³-hybridized carbons (Fsp3) is 0.500. The number of allylic oxidation sites excluding steroid dienone is 1. The summed E-state index contributed by atoms with van der Waals surface area (Å²) in [5, 5.41) is 7.87. The maximum atomic E-state index is 4.23. The molecule has 0 radical (unpaired) electrons. The van der Waals surface area contributed by atoms with Crippen LogP contribution in [0.3, 0.4) is 0 Å². The second-order valence-electron chi connectivity index (χ2n) is 3.21. The molecule has 4 nitrogen and oxygen atoms in total. The van der Waals surface area contributed by atoms with Crippen LogP contribution >= 0.6 is 0 Å². The number of aryl methyl sites for hydroxylation is 2. The Hall–Kier alpha value is -1.45. The highest BCUT2D eigenvalue weighted by Gasteiger charge is 2.07. The van der Waals surface area contributed by atoms with Crippen LogP contribution in [0, 0.1) is 6.92 Å². The first-order valence-corrected chi connectivity index (χ1v) is 4.72. The molecule has 14 heavy (non-hydrogen) atoms. The molecule has 0 aliphatic rings. The van der Waals surface area contributed by atoms with Crippen LogP contribution in [-0.2, 0) is 7.05 Å². The minimum Gasteiger partial charge on any atom is -0.293 e. The molecule has 0 aliphatic carbocycles.